The van der Waals surface area contributed by atoms with Crippen molar-refractivity contribution in [3.8, 4) is 22.5 Å². The highest BCUT2D eigenvalue weighted by atomic mass is 32.1. The molecule has 0 fully saturated rings. The smallest absolute Gasteiger partial charge is 0.272 e. The summed E-state index contributed by atoms with van der Waals surface area (Å²) >= 11 is 1.66. The van der Waals surface area contributed by atoms with Gasteiger partial charge in [-0.3, -0.25) is 10.1 Å². The average molecular weight is 485 g/mol. The number of rotatable bonds is 8. The molecule has 0 saturated heterocycles. The first-order chi connectivity index (χ1) is 17.0. The van der Waals surface area contributed by atoms with E-state index in [4.69, 9.17) is 14.4 Å². The molecule has 0 aliphatic heterocycles. The lowest BCUT2D eigenvalue weighted by Crippen LogP contribution is -2.06. The quantitative estimate of drug-likeness (QED) is 0.142. The molecule has 0 unspecified atom stereocenters. The predicted octanol–water partition coefficient (Wildman–Crippen LogP) is 7.19. The largest absolute Gasteiger partial charge is 0.472 e. The SMILES string of the molecule is Cc1cc2c(NCCCc3ccc(-c4ccc([N+](=O)[O-])c(C)c4)cc3)nc(-c3ccoc3)nc2s1. The van der Waals surface area contributed by atoms with Gasteiger partial charge in [0.05, 0.1) is 22.1 Å². The highest BCUT2D eigenvalue weighted by molar-refractivity contribution is 7.18. The second-order valence-corrected chi connectivity index (χ2v) is 9.70. The molecule has 0 atom stereocenters. The predicted molar refractivity (Wildman–Crippen MR) is 140 cm³/mol. The van der Waals surface area contributed by atoms with Crippen LogP contribution in [0.3, 0.4) is 0 Å². The van der Waals surface area contributed by atoms with Crippen LogP contribution in [0, 0.1) is 24.0 Å². The summed E-state index contributed by atoms with van der Waals surface area (Å²) < 4.78 is 5.21. The molecule has 5 rings (SSSR count). The fraction of sp³-hybridized carbons (Fsp3) is 0.185. The number of furan rings is 1. The molecule has 7 nitrogen and oxygen atoms in total. The van der Waals surface area contributed by atoms with Gasteiger partial charge in [0.15, 0.2) is 5.82 Å². The molecule has 3 heterocycles. The van der Waals surface area contributed by atoms with Crippen LogP contribution < -0.4 is 5.32 Å². The summed E-state index contributed by atoms with van der Waals surface area (Å²) in [4.78, 5) is 22.3. The van der Waals surface area contributed by atoms with E-state index in [0.717, 1.165) is 52.1 Å². The number of nitrogens with one attached hydrogen (secondary N) is 1. The zero-order valence-corrected chi connectivity index (χ0v) is 20.3. The number of benzene rings is 2. The molecule has 3 aromatic heterocycles. The van der Waals surface area contributed by atoms with Gasteiger partial charge in [-0.25, -0.2) is 9.97 Å². The van der Waals surface area contributed by atoms with Gasteiger partial charge in [0, 0.05) is 23.1 Å². The molecular weight excluding hydrogens is 460 g/mol. The monoisotopic (exact) mass is 484 g/mol. The first-order valence-corrected chi connectivity index (χ1v) is 12.2. The molecule has 8 heteroatoms. The minimum Gasteiger partial charge on any atom is -0.472 e. The first kappa shape index (κ1) is 22.7. The molecule has 0 aliphatic carbocycles. The van der Waals surface area contributed by atoms with E-state index >= 15 is 0 Å². The molecule has 0 aliphatic rings. The number of hydrogen-bond acceptors (Lipinski definition) is 7. The molecule has 0 amide bonds. The summed E-state index contributed by atoms with van der Waals surface area (Å²) in [5, 5.41) is 15.6. The van der Waals surface area contributed by atoms with Crippen LogP contribution in [0.1, 0.15) is 22.4 Å². The Labute approximate surface area is 206 Å². The number of anilines is 1. The van der Waals surface area contributed by atoms with Crippen molar-refractivity contribution < 1.29 is 9.34 Å². The Hall–Kier alpha value is -4.04. The zero-order valence-electron chi connectivity index (χ0n) is 19.4. The van der Waals surface area contributed by atoms with Gasteiger partial charge in [-0.1, -0.05) is 24.3 Å². The van der Waals surface area contributed by atoms with Crippen LogP contribution in [0.25, 0.3) is 32.7 Å². The Morgan fingerprint density at radius 3 is 2.51 bits per heavy atom. The zero-order chi connectivity index (χ0) is 24.4. The number of hydrogen-bond donors (Lipinski definition) is 1. The molecule has 0 bridgehead atoms. The van der Waals surface area contributed by atoms with Crippen molar-refractivity contribution in [2.24, 2.45) is 0 Å². The topological polar surface area (TPSA) is 94.1 Å². The fourth-order valence-electron chi connectivity index (χ4n) is 4.10. The summed E-state index contributed by atoms with van der Waals surface area (Å²) in [6.07, 6.45) is 5.17. The highest BCUT2D eigenvalue weighted by Crippen LogP contribution is 2.31. The van der Waals surface area contributed by atoms with Crippen molar-refractivity contribution in [2.75, 3.05) is 11.9 Å². The molecule has 0 radical (unpaired) electrons. The molecule has 5 aromatic rings. The Kier molecular flexibility index (Phi) is 6.29. The Balaban J connectivity index is 1.23. The summed E-state index contributed by atoms with van der Waals surface area (Å²) in [5.74, 6) is 1.51. The van der Waals surface area contributed by atoms with E-state index < -0.39 is 0 Å². The summed E-state index contributed by atoms with van der Waals surface area (Å²) in [7, 11) is 0. The lowest BCUT2D eigenvalue weighted by molar-refractivity contribution is -0.385. The van der Waals surface area contributed by atoms with Gasteiger partial charge in [0.25, 0.3) is 5.69 Å². The summed E-state index contributed by atoms with van der Waals surface area (Å²) in [5.41, 5.74) is 4.95. The number of aryl methyl sites for hydroxylation is 3. The van der Waals surface area contributed by atoms with Crippen molar-refractivity contribution in [3.63, 3.8) is 0 Å². The van der Waals surface area contributed by atoms with Crippen molar-refractivity contribution >= 4 is 33.1 Å². The molecule has 176 valence electrons. The van der Waals surface area contributed by atoms with Crippen LogP contribution in [0.2, 0.25) is 0 Å². The van der Waals surface area contributed by atoms with Gasteiger partial charge >= 0.3 is 0 Å². The lowest BCUT2D eigenvalue weighted by atomic mass is 10.00. The highest BCUT2D eigenvalue weighted by Gasteiger charge is 2.13. The number of fused-ring (bicyclic) bond motifs is 1. The Bertz CT molecular complexity index is 1490. The molecule has 0 saturated carbocycles. The van der Waals surface area contributed by atoms with Crippen molar-refractivity contribution in [1.82, 2.24) is 9.97 Å². The van der Waals surface area contributed by atoms with Gasteiger partial charge in [-0.15, -0.1) is 11.3 Å². The second kappa shape index (κ2) is 9.68. The number of nitrogens with zero attached hydrogens (tertiary/aromatic N) is 3. The third-order valence-electron chi connectivity index (χ3n) is 5.91. The first-order valence-electron chi connectivity index (χ1n) is 11.4. The van der Waals surface area contributed by atoms with Gasteiger partial charge in [0.1, 0.15) is 16.9 Å². The number of aromatic nitrogens is 2. The van der Waals surface area contributed by atoms with E-state index in [1.807, 2.05) is 12.1 Å². The maximum atomic E-state index is 11.1. The van der Waals surface area contributed by atoms with Gasteiger partial charge < -0.3 is 9.73 Å². The van der Waals surface area contributed by atoms with Crippen LogP contribution in [0.15, 0.2) is 71.5 Å². The number of nitro groups is 1. The minimum atomic E-state index is -0.347. The maximum absolute atomic E-state index is 11.1. The van der Waals surface area contributed by atoms with Crippen LogP contribution in [0.5, 0.6) is 0 Å². The molecule has 0 spiro atoms. The minimum absolute atomic E-state index is 0.147. The molecule has 1 N–H and O–H groups in total. The Morgan fingerprint density at radius 2 is 1.80 bits per heavy atom. The molecule has 2 aromatic carbocycles. The summed E-state index contributed by atoms with van der Waals surface area (Å²) in [6, 6.07) is 17.6. The normalized spacial score (nSPS) is 11.1. The molecular formula is C27H24N4O3S. The third-order valence-corrected chi connectivity index (χ3v) is 6.86. The van der Waals surface area contributed by atoms with E-state index in [1.54, 1.807) is 42.9 Å². The van der Waals surface area contributed by atoms with Crippen LogP contribution in [-0.2, 0) is 6.42 Å². The second-order valence-electron chi connectivity index (χ2n) is 8.47. The number of nitro benzene ring substituents is 1. The van der Waals surface area contributed by atoms with Crippen molar-refractivity contribution in [3.05, 3.63) is 93.2 Å². The molecule has 35 heavy (non-hydrogen) atoms. The van der Waals surface area contributed by atoms with Crippen molar-refractivity contribution in [2.45, 2.75) is 26.7 Å². The van der Waals surface area contributed by atoms with Gasteiger partial charge in [-0.2, -0.15) is 0 Å². The van der Waals surface area contributed by atoms with Crippen molar-refractivity contribution in [1.29, 1.82) is 0 Å². The standard InChI is InChI=1S/C27H24N4O3S/c1-17-14-21(9-10-24(17)31(32)33)20-7-5-19(6-8-20)4-3-12-28-26-23-15-18(2)35-27(23)30-25(29-26)22-11-13-34-16-22/h5-11,13-16H,3-4,12H2,1-2H3,(H,28,29,30). The van der Waals surface area contributed by atoms with Crippen LogP contribution in [0.4, 0.5) is 11.5 Å². The van der Waals surface area contributed by atoms with Crippen LogP contribution in [-0.4, -0.2) is 21.4 Å². The van der Waals surface area contributed by atoms with E-state index in [1.165, 1.54) is 10.4 Å². The van der Waals surface area contributed by atoms with Gasteiger partial charge in [-0.05, 0) is 67.6 Å². The van der Waals surface area contributed by atoms with E-state index in [2.05, 4.69) is 42.6 Å². The van der Waals surface area contributed by atoms with E-state index in [9.17, 15) is 10.1 Å². The fourth-order valence-corrected chi connectivity index (χ4v) is 4.98. The maximum Gasteiger partial charge on any atom is 0.272 e. The van der Waals surface area contributed by atoms with E-state index in [-0.39, 0.29) is 10.6 Å². The lowest BCUT2D eigenvalue weighted by Gasteiger charge is -2.09. The van der Waals surface area contributed by atoms with E-state index in [0.29, 0.717) is 11.4 Å². The average Bonchev–Trinajstić information content (AvgIpc) is 3.51. The van der Waals surface area contributed by atoms with Gasteiger partial charge in [0.2, 0.25) is 0 Å². The summed E-state index contributed by atoms with van der Waals surface area (Å²) in [6.45, 7) is 4.63. The Morgan fingerprint density at radius 1 is 1.00 bits per heavy atom. The number of thiophene rings is 1. The van der Waals surface area contributed by atoms with Crippen LogP contribution >= 0.6 is 11.3 Å². The third kappa shape index (κ3) is 4.93.